The number of para-hydroxylation sites is 2. The minimum Gasteiger partial charge on any atom is -0.494 e. The normalized spacial score (nSPS) is 15.4. The molecule has 1 aromatic heterocycles. The van der Waals surface area contributed by atoms with E-state index in [9.17, 15) is 18.0 Å². The number of alkyl halides is 3. The van der Waals surface area contributed by atoms with Gasteiger partial charge >= 0.3 is 6.18 Å². The zero-order valence-electron chi connectivity index (χ0n) is 17.2. The molecule has 2 aromatic carbocycles. The molecule has 1 aliphatic heterocycles. The van der Waals surface area contributed by atoms with Crippen molar-refractivity contribution < 1.29 is 22.7 Å². The van der Waals surface area contributed by atoms with Crippen molar-refractivity contribution in [2.75, 3.05) is 19.7 Å². The second-order valence-corrected chi connectivity index (χ2v) is 7.66. The predicted molar refractivity (Wildman–Crippen MR) is 111 cm³/mol. The molecule has 0 N–H and O–H groups in total. The number of hydrogen-bond acceptors (Lipinski definition) is 3. The van der Waals surface area contributed by atoms with Gasteiger partial charge in [-0.05, 0) is 49.6 Å². The summed E-state index contributed by atoms with van der Waals surface area (Å²) in [5.41, 5.74) is 1.70. The first kappa shape index (κ1) is 21.2. The van der Waals surface area contributed by atoms with E-state index >= 15 is 0 Å². The Morgan fingerprint density at radius 3 is 2.42 bits per heavy atom. The molecule has 0 unspecified atom stereocenters. The number of hydrogen-bond donors (Lipinski definition) is 0. The molecule has 4 rings (SSSR count). The number of imidazole rings is 1. The standard InChI is InChI=1S/C23H24F3N3O2/c1-2-31-18-9-7-16(8-10-18)15-21(30)28-13-11-17(12-14-28)29-20-6-4-3-5-19(20)27-22(29)23(24,25)26/h3-10,17H,2,11-15H2,1H3. The summed E-state index contributed by atoms with van der Waals surface area (Å²) in [5.74, 6) is -0.130. The van der Waals surface area contributed by atoms with Crippen molar-refractivity contribution in [3.63, 3.8) is 0 Å². The van der Waals surface area contributed by atoms with Crippen molar-refractivity contribution in [1.29, 1.82) is 0 Å². The summed E-state index contributed by atoms with van der Waals surface area (Å²) in [6.07, 6.45) is -3.35. The Kier molecular flexibility index (Phi) is 5.89. The Morgan fingerprint density at radius 2 is 1.77 bits per heavy atom. The molecule has 3 aromatic rings. The van der Waals surface area contributed by atoms with Crippen LogP contribution in [-0.4, -0.2) is 40.1 Å². The molecule has 1 saturated heterocycles. The predicted octanol–water partition coefficient (Wildman–Crippen LogP) is 4.86. The van der Waals surface area contributed by atoms with Gasteiger partial charge in [-0.3, -0.25) is 4.79 Å². The number of rotatable bonds is 5. The number of likely N-dealkylation sites (tertiary alicyclic amines) is 1. The Morgan fingerprint density at radius 1 is 1.10 bits per heavy atom. The summed E-state index contributed by atoms with van der Waals surface area (Å²) < 4.78 is 47.5. The minimum atomic E-state index is -4.53. The Bertz CT molecular complexity index is 1050. The van der Waals surface area contributed by atoms with Gasteiger partial charge in [0.15, 0.2) is 0 Å². The van der Waals surface area contributed by atoms with Crippen LogP contribution in [0.5, 0.6) is 5.75 Å². The second kappa shape index (κ2) is 8.61. The molecule has 2 heterocycles. The monoisotopic (exact) mass is 431 g/mol. The summed E-state index contributed by atoms with van der Waals surface area (Å²) in [5, 5.41) is 0. The van der Waals surface area contributed by atoms with Gasteiger partial charge in [-0.1, -0.05) is 24.3 Å². The average molecular weight is 431 g/mol. The number of ether oxygens (including phenoxy) is 1. The van der Waals surface area contributed by atoms with Gasteiger partial charge in [-0.15, -0.1) is 0 Å². The number of piperidine rings is 1. The summed E-state index contributed by atoms with van der Waals surface area (Å²) in [6, 6.07) is 13.7. The van der Waals surface area contributed by atoms with E-state index in [-0.39, 0.29) is 18.4 Å². The van der Waals surface area contributed by atoms with E-state index in [4.69, 9.17) is 4.74 Å². The summed E-state index contributed by atoms with van der Waals surface area (Å²) in [7, 11) is 0. The summed E-state index contributed by atoms with van der Waals surface area (Å²) in [4.78, 5) is 18.3. The molecule has 0 aliphatic carbocycles. The lowest BCUT2D eigenvalue weighted by molar-refractivity contribution is -0.148. The van der Waals surface area contributed by atoms with E-state index in [1.165, 1.54) is 4.57 Å². The first-order valence-corrected chi connectivity index (χ1v) is 10.4. The van der Waals surface area contributed by atoms with E-state index in [1.54, 1.807) is 29.2 Å². The van der Waals surface area contributed by atoms with Crippen LogP contribution in [-0.2, 0) is 17.4 Å². The van der Waals surface area contributed by atoms with E-state index in [0.717, 1.165) is 11.3 Å². The van der Waals surface area contributed by atoms with Crippen LogP contribution in [0.4, 0.5) is 13.2 Å². The van der Waals surface area contributed by atoms with Crippen molar-refractivity contribution in [1.82, 2.24) is 14.5 Å². The van der Waals surface area contributed by atoms with Crippen LogP contribution in [0.25, 0.3) is 11.0 Å². The Balaban J connectivity index is 1.45. The molecule has 1 amide bonds. The molecule has 164 valence electrons. The Hall–Kier alpha value is -3.03. The molecular weight excluding hydrogens is 407 g/mol. The lowest BCUT2D eigenvalue weighted by atomic mass is 10.0. The van der Waals surface area contributed by atoms with E-state index < -0.39 is 12.0 Å². The van der Waals surface area contributed by atoms with Crippen molar-refractivity contribution in [2.24, 2.45) is 0 Å². The van der Waals surface area contributed by atoms with Gasteiger partial charge in [0.2, 0.25) is 11.7 Å². The highest BCUT2D eigenvalue weighted by Crippen LogP contribution is 2.36. The highest BCUT2D eigenvalue weighted by molar-refractivity contribution is 5.79. The number of amides is 1. The van der Waals surface area contributed by atoms with Gasteiger partial charge in [-0.2, -0.15) is 13.2 Å². The zero-order chi connectivity index (χ0) is 22.0. The molecule has 1 aliphatic rings. The van der Waals surface area contributed by atoms with Crippen molar-refractivity contribution in [3.05, 3.63) is 59.9 Å². The average Bonchev–Trinajstić information content (AvgIpc) is 3.16. The van der Waals surface area contributed by atoms with Gasteiger partial charge in [-0.25, -0.2) is 4.98 Å². The topological polar surface area (TPSA) is 47.4 Å². The number of fused-ring (bicyclic) bond motifs is 1. The van der Waals surface area contributed by atoms with Crippen LogP contribution in [0.2, 0.25) is 0 Å². The first-order valence-electron chi connectivity index (χ1n) is 10.4. The highest BCUT2D eigenvalue weighted by atomic mass is 19.4. The van der Waals surface area contributed by atoms with Crippen LogP contribution >= 0.6 is 0 Å². The third kappa shape index (κ3) is 4.52. The fraction of sp³-hybridized carbons (Fsp3) is 0.391. The molecule has 5 nitrogen and oxygen atoms in total. The molecule has 0 spiro atoms. The van der Waals surface area contributed by atoms with Crippen LogP contribution < -0.4 is 4.74 Å². The lowest BCUT2D eigenvalue weighted by Crippen LogP contribution is -2.40. The van der Waals surface area contributed by atoms with Crippen molar-refractivity contribution in [2.45, 2.75) is 38.4 Å². The molecule has 8 heteroatoms. The molecule has 0 radical (unpaired) electrons. The van der Waals surface area contributed by atoms with Crippen molar-refractivity contribution in [3.8, 4) is 5.75 Å². The third-order valence-electron chi connectivity index (χ3n) is 5.62. The van der Waals surface area contributed by atoms with Crippen LogP contribution in [0.1, 0.15) is 37.2 Å². The second-order valence-electron chi connectivity index (χ2n) is 7.66. The van der Waals surface area contributed by atoms with Gasteiger partial charge in [0.1, 0.15) is 5.75 Å². The minimum absolute atomic E-state index is 0.0193. The summed E-state index contributed by atoms with van der Waals surface area (Å²) >= 11 is 0. The SMILES string of the molecule is CCOc1ccc(CC(=O)N2CCC(n3c(C(F)(F)F)nc4ccccc43)CC2)cc1. The molecule has 0 bridgehead atoms. The number of nitrogens with zero attached hydrogens (tertiary/aromatic N) is 3. The van der Waals surface area contributed by atoms with Gasteiger partial charge in [0, 0.05) is 19.1 Å². The number of carbonyl (C=O) groups is 1. The number of carbonyl (C=O) groups excluding carboxylic acids is 1. The summed E-state index contributed by atoms with van der Waals surface area (Å²) in [6.45, 7) is 3.33. The van der Waals surface area contributed by atoms with E-state index in [2.05, 4.69) is 4.98 Å². The lowest BCUT2D eigenvalue weighted by Gasteiger charge is -2.34. The maximum absolute atomic E-state index is 13.6. The van der Waals surface area contributed by atoms with Crippen LogP contribution in [0, 0.1) is 0 Å². The van der Waals surface area contributed by atoms with Gasteiger partial charge in [0.25, 0.3) is 0 Å². The van der Waals surface area contributed by atoms with E-state index in [0.29, 0.717) is 43.6 Å². The highest BCUT2D eigenvalue weighted by Gasteiger charge is 2.40. The largest absolute Gasteiger partial charge is 0.494 e. The molecule has 0 atom stereocenters. The van der Waals surface area contributed by atoms with Crippen LogP contribution in [0.3, 0.4) is 0 Å². The van der Waals surface area contributed by atoms with Crippen molar-refractivity contribution >= 4 is 16.9 Å². The quantitative estimate of drug-likeness (QED) is 0.580. The molecule has 31 heavy (non-hydrogen) atoms. The zero-order valence-corrected chi connectivity index (χ0v) is 17.2. The molecule has 1 fully saturated rings. The molecular formula is C23H24F3N3O2. The first-order chi connectivity index (χ1) is 14.9. The molecule has 0 saturated carbocycles. The van der Waals surface area contributed by atoms with Crippen LogP contribution in [0.15, 0.2) is 48.5 Å². The fourth-order valence-electron chi connectivity index (χ4n) is 4.14. The maximum Gasteiger partial charge on any atom is 0.449 e. The fourth-order valence-corrected chi connectivity index (χ4v) is 4.14. The van der Waals surface area contributed by atoms with E-state index in [1.807, 2.05) is 31.2 Å². The number of benzene rings is 2. The number of aromatic nitrogens is 2. The Labute approximate surface area is 178 Å². The maximum atomic E-state index is 13.6. The smallest absolute Gasteiger partial charge is 0.449 e. The third-order valence-corrected chi connectivity index (χ3v) is 5.62. The van der Waals surface area contributed by atoms with Gasteiger partial charge < -0.3 is 14.2 Å². The number of halogens is 3. The van der Waals surface area contributed by atoms with Gasteiger partial charge in [0.05, 0.1) is 24.1 Å².